The van der Waals surface area contributed by atoms with Crippen LogP contribution in [0.5, 0.6) is 0 Å². The van der Waals surface area contributed by atoms with Gasteiger partial charge in [0.2, 0.25) is 11.8 Å². The van der Waals surface area contributed by atoms with Crippen LogP contribution in [0.25, 0.3) is 10.2 Å². The van der Waals surface area contributed by atoms with Gasteiger partial charge < -0.3 is 16.4 Å². The van der Waals surface area contributed by atoms with Crippen LogP contribution < -0.4 is 16.4 Å². The van der Waals surface area contributed by atoms with Crippen molar-refractivity contribution in [2.24, 2.45) is 11.7 Å². The van der Waals surface area contributed by atoms with E-state index in [4.69, 9.17) is 10.7 Å². The van der Waals surface area contributed by atoms with E-state index in [1.165, 1.54) is 24.8 Å². The molecule has 1 aliphatic rings. The molecule has 7 heteroatoms. The zero-order valence-electron chi connectivity index (χ0n) is 18.9. The van der Waals surface area contributed by atoms with E-state index >= 15 is 0 Å². The predicted octanol–water partition coefficient (Wildman–Crippen LogP) is 3.88. The van der Waals surface area contributed by atoms with E-state index in [2.05, 4.69) is 36.6 Å². The highest BCUT2D eigenvalue weighted by Gasteiger charge is 2.28. The highest BCUT2D eigenvalue weighted by atomic mass is 32.1. The van der Waals surface area contributed by atoms with Crippen molar-refractivity contribution >= 4 is 33.4 Å². The number of fused-ring (bicyclic) bond motifs is 1. The molecule has 1 aliphatic carbocycles. The highest BCUT2D eigenvalue weighted by Crippen LogP contribution is 2.28. The van der Waals surface area contributed by atoms with E-state index in [1.807, 2.05) is 6.07 Å². The van der Waals surface area contributed by atoms with Gasteiger partial charge in [-0.3, -0.25) is 9.59 Å². The van der Waals surface area contributed by atoms with Gasteiger partial charge in [-0.1, -0.05) is 46.1 Å². The molecule has 1 aromatic carbocycles. The zero-order valence-corrected chi connectivity index (χ0v) is 19.8. The van der Waals surface area contributed by atoms with Crippen molar-refractivity contribution in [2.75, 3.05) is 6.54 Å². The van der Waals surface area contributed by atoms with Gasteiger partial charge >= 0.3 is 0 Å². The number of carbonyl (C=O) groups excluding carboxylic acids is 2. The Labute approximate surface area is 189 Å². The van der Waals surface area contributed by atoms with Crippen LogP contribution in [0.4, 0.5) is 0 Å². The Morgan fingerprint density at radius 1 is 1.19 bits per heavy atom. The number of nitrogens with one attached hydrogen (secondary N) is 2. The Balaban J connectivity index is 1.75. The lowest BCUT2D eigenvalue weighted by molar-refractivity contribution is -0.129. The molecule has 6 nitrogen and oxygen atoms in total. The average Bonchev–Trinajstić information content (AvgIpc) is 3.18. The lowest BCUT2D eigenvalue weighted by Crippen LogP contribution is -2.54. The van der Waals surface area contributed by atoms with E-state index in [-0.39, 0.29) is 17.9 Å². The van der Waals surface area contributed by atoms with Crippen LogP contribution in [0.1, 0.15) is 75.8 Å². The van der Waals surface area contributed by atoms with Crippen LogP contribution >= 0.6 is 11.3 Å². The van der Waals surface area contributed by atoms with Crippen molar-refractivity contribution in [1.29, 1.82) is 0 Å². The second-order valence-electron chi connectivity index (χ2n) is 8.92. The number of carbonyl (C=O) groups is 2. The number of hydrogen-bond donors (Lipinski definition) is 3. The first-order valence-corrected chi connectivity index (χ1v) is 12.4. The van der Waals surface area contributed by atoms with E-state index in [0.717, 1.165) is 28.1 Å². The standard InChI is InChI=1S/C24H36N4O2S/c1-4-22(29)26-19(24(30)28-20(14-25)16-8-6-5-7-9-16)13-23-27-18-11-10-17(15(2)3)12-21(18)31-23/h10-12,15-16,19-20H,4-9,13-14,25H2,1-3H3,(H,26,29)(H,28,30)/t19-,20+/m1/s1. The molecule has 0 saturated heterocycles. The topological polar surface area (TPSA) is 97.1 Å². The summed E-state index contributed by atoms with van der Waals surface area (Å²) in [6.45, 7) is 6.55. The highest BCUT2D eigenvalue weighted by molar-refractivity contribution is 7.18. The number of rotatable bonds is 9. The largest absolute Gasteiger partial charge is 0.350 e. The summed E-state index contributed by atoms with van der Waals surface area (Å²) >= 11 is 1.59. The third-order valence-electron chi connectivity index (χ3n) is 6.28. The van der Waals surface area contributed by atoms with E-state index < -0.39 is 6.04 Å². The molecule has 0 spiro atoms. The molecule has 0 aliphatic heterocycles. The maximum atomic E-state index is 13.2. The molecule has 0 bridgehead atoms. The van der Waals surface area contributed by atoms with Gasteiger partial charge in [0.25, 0.3) is 0 Å². The minimum atomic E-state index is -0.643. The first-order valence-electron chi connectivity index (χ1n) is 11.6. The number of nitrogens with zero attached hydrogens (tertiary/aromatic N) is 1. The molecular weight excluding hydrogens is 408 g/mol. The summed E-state index contributed by atoms with van der Waals surface area (Å²) in [5.74, 6) is 0.572. The summed E-state index contributed by atoms with van der Waals surface area (Å²) in [6, 6.07) is 5.63. The lowest BCUT2D eigenvalue weighted by Gasteiger charge is -2.31. The fraction of sp³-hybridized carbons (Fsp3) is 0.625. The van der Waals surface area contributed by atoms with Gasteiger partial charge in [-0.2, -0.15) is 0 Å². The molecule has 1 heterocycles. The van der Waals surface area contributed by atoms with Gasteiger partial charge in [-0.05, 0) is 42.4 Å². The van der Waals surface area contributed by atoms with Gasteiger partial charge in [0.1, 0.15) is 6.04 Å². The van der Waals surface area contributed by atoms with Crippen LogP contribution in [-0.4, -0.2) is 35.4 Å². The summed E-state index contributed by atoms with van der Waals surface area (Å²) in [7, 11) is 0. The van der Waals surface area contributed by atoms with Crippen LogP contribution in [0.2, 0.25) is 0 Å². The maximum Gasteiger partial charge on any atom is 0.243 e. The fourth-order valence-electron chi connectivity index (χ4n) is 4.30. The van der Waals surface area contributed by atoms with Gasteiger partial charge in [-0.15, -0.1) is 11.3 Å². The SMILES string of the molecule is CCC(=O)N[C@H](Cc1nc2ccc(C(C)C)cc2s1)C(=O)N[C@@H](CN)C1CCCCC1. The summed E-state index contributed by atoms with van der Waals surface area (Å²) in [6.07, 6.45) is 6.57. The molecule has 1 saturated carbocycles. The van der Waals surface area contributed by atoms with Crippen molar-refractivity contribution in [3.63, 3.8) is 0 Å². The Morgan fingerprint density at radius 3 is 2.58 bits per heavy atom. The number of hydrogen-bond acceptors (Lipinski definition) is 5. The van der Waals surface area contributed by atoms with Crippen LogP contribution in [0.15, 0.2) is 18.2 Å². The molecule has 1 aromatic heterocycles. The normalized spacial score (nSPS) is 16.9. The molecule has 4 N–H and O–H groups in total. The van der Waals surface area contributed by atoms with Crippen molar-refractivity contribution < 1.29 is 9.59 Å². The Bertz CT molecular complexity index is 889. The molecule has 2 aromatic rings. The summed E-state index contributed by atoms with van der Waals surface area (Å²) in [4.78, 5) is 30.0. The van der Waals surface area contributed by atoms with E-state index in [1.54, 1.807) is 18.3 Å². The van der Waals surface area contributed by atoms with Crippen LogP contribution in [0, 0.1) is 5.92 Å². The molecule has 3 rings (SSSR count). The average molecular weight is 445 g/mol. The Kier molecular flexibility index (Phi) is 8.43. The molecule has 0 unspecified atom stereocenters. The van der Waals surface area contributed by atoms with E-state index in [0.29, 0.717) is 31.2 Å². The predicted molar refractivity (Wildman–Crippen MR) is 127 cm³/mol. The van der Waals surface area contributed by atoms with Crippen LogP contribution in [0.3, 0.4) is 0 Å². The number of amides is 2. The molecule has 1 fully saturated rings. The second-order valence-corrected chi connectivity index (χ2v) is 10.0. The lowest BCUT2D eigenvalue weighted by atomic mass is 9.84. The summed E-state index contributed by atoms with van der Waals surface area (Å²) in [5, 5.41) is 6.89. The van der Waals surface area contributed by atoms with Crippen molar-refractivity contribution in [3.8, 4) is 0 Å². The fourth-order valence-corrected chi connectivity index (χ4v) is 5.37. The molecule has 2 amide bonds. The van der Waals surface area contributed by atoms with Crippen LogP contribution in [-0.2, 0) is 16.0 Å². The second kappa shape index (κ2) is 11.0. The minimum Gasteiger partial charge on any atom is -0.350 e. The molecule has 170 valence electrons. The Hall–Kier alpha value is -1.99. The first-order chi connectivity index (χ1) is 14.9. The quantitative estimate of drug-likeness (QED) is 0.547. The minimum absolute atomic E-state index is 0.0437. The number of thiazole rings is 1. The van der Waals surface area contributed by atoms with Gasteiger partial charge in [0, 0.05) is 25.4 Å². The smallest absolute Gasteiger partial charge is 0.243 e. The maximum absolute atomic E-state index is 13.2. The molecular formula is C24H36N4O2S. The van der Waals surface area contributed by atoms with Gasteiger partial charge in [-0.25, -0.2) is 4.98 Å². The van der Waals surface area contributed by atoms with E-state index in [9.17, 15) is 9.59 Å². The summed E-state index contributed by atoms with van der Waals surface area (Å²) in [5.41, 5.74) is 8.22. The van der Waals surface area contributed by atoms with Gasteiger partial charge in [0.05, 0.1) is 15.2 Å². The van der Waals surface area contributed by atoms with Crippen molar-refractivity contribution in [2.45, 2.75) is 83.7 Å². The first kappa shape index (κ1) is 23.7. The third kappa shape index (κ3) is 6.26. The molecule has 2 atom stereocenters. The number of benzene rings is 1. The Morgan fingerprint density at radius 2 is 1.94 bits per heavy atom. The zero-order chi connectivity index (χ0) is 22.4. The van der Waals surface area contributed by atoms with Crippen molar-refractivity contribution in [3.05, 3.63) is 28.8 Å². The van der Waals surface area contributed by atoms with Crippen molar-refractivity contribution in [1.82, 2.24) is 15.6 Å². The molecule has 0 radical (unpaired) electrons. The summed E-state index contributed by atoms with van der Waals surface area (Å²) < 4.78 is 1.12. The molecule has 31 heavy (non-hydrogen) atoms. The number of nitrogens with two attached hydrogens (primary N) is 1. The number of aromatic nitrogens is 1. The van der Waals surface area contributed by atoms with Gasteiger partial charge in [0.15, 0.2) is 0 Å². The monoisotopic (exact) mass is 444 g/mol. The third-order valence-corrected chi connectivity index (χ3v) is 7.32.